The van der Waals surface area contributed by atoms with Crippen LogP contribution < -0.4 is 0 Å². The Morgan fingerprint density at radius 1 is 1.35 bits per heavy atom. The molecular weight excluding hydrogens is 354 g/mol. The Labute approximate surface area is 156 Å². The Kier molecular flexibility index (Phi) is 4.94. The van der Waals surface area contributed by atoms with E-state index in [1.165, 1.54) is 0 Å². The van der Waals surface area contributed by atoms with Gasteiger partial charge in [0.15, 0.2) is 5.84 Å². The van der Waals surface area contributed by atoms with Gasteiger partial charge in [0.05, 0.1) is 10.9 Å². The SMILES string of the molecule is CN(C(=O)OC(C)(C)C)C1CCCN(C2=NS(O)(O)c3ccccc32)C1. The minimum atomic E-state index is -3.14. The summed E-state index contributed by atoms with van der Waals surface area (Å²) in [7, 11) is -1.39. The van der Waals surface area contributed by atoms with Crippen LogP contribution in [0.2, 0.25) is 0 Å². The van der Waals surface area contributed by atoms with E-state index < -0.39 is 16.4 Å². The lowest BCUT2D eigenvalue weighted by Crippen LogP contribution is -2.51. The number of amidine groups is 1. The molecule has 2 N–H and O–H groups in total. The first-order chi connectivity index (χ1) is 12.1. The van der Waals surface area contributed by atoms with Crippen LogP contribution in [0, 0.1) is 0 Å². The van der Waals surface area contributed by atoms with E-state index in [1.807, 2.05) is 37.8 Å². The van der Waals surface area contributed by atoms with E-state index in [-0.39, 0.29) is 12.1 Å². The van der Waals surface area contributed by atoms with E-state index in [2.05, 4.69) is 4.40 Å². The molecule has 0 saturated carbocycles. The van der Waals surface area contributed by atoms with Crippen molar-refractivity contribution in [3.05, 3.63) is 29.8 Å². The van der Waals surface area contributed by atoms with Crippen molar-refractivity contribution in [1.29, 1.82) is 0 Å². The third-order valence-corrected chi connectivity index (χ3v) is 5.94. The molecule has 144 valence electrons. The van der Waals surface area contributed by atoms with Crippen LogP contribution in [0.5, 0.6) is 0 Å². The molecular formula is C18H27N3O4S. The number of ether oxygens (including phenoxy) is 1. The highest BCUT2D eigenvalue weighted by Crippen LogP contribution is 2.56. The number of carbonyl (C=O) groups excluding carboxylic acids is 1. The number of likely N-dealkylation sites (N-methyl/N-ethyl adjacent to an activating group) is 1. The third-order valence-electron chi connectivity index (χ3n) is 4.56. The van der Waals surface area contributed by atoms with Crippen LogP contribution in [0.3, 0.4) is 0 Å². The van der Waals surface area contributed by atoms with Crippen molar-refractivity contribution in [1.82, 2.24) is 9.80 Å². The van der Waals surface area contributed by atoms with Crippen LogP contribution in [0.15, 0.2) is 33.6 Å². The minimum absolute atomic E-state index is 0.0177. The highest BCUT2D eigenvalue weighted by Gasteiger charge is 2.36. The summed E-state index contributed by atoms with van der Waals surface area (Å²) in [6, 6.07) is 7.19. The number of fused-ring (bicyclic) bond motifs is 1. The number of amides is 1. The molecule has 26 heavy (non-hydrogen) atoms. The second-order valence-corrected chi connectivity index (χ2v) is 9.42. The van der Waals surface area contributed by atoms with Gasteiger partial charge in [-0.1, -0.05) is 22.9 Å². The molecule has 1 unspecified atom stereocenters. The normalized spacial score (nSPS) is 23.1. The number of piperidine rings is 1. The lowest BCUT2D eigenvalue weighted by Gasteiger charge is -2.38. The molecule has 2 aliphatic rings. The fourth-order valence-electron chi connectivity index (χ4n) is 3.28. The van der Waals surface area contributed by atoms with E-state index in [4.69, 9.17) is 4.74 Å². The van der Waals surface area contributed by atoms with Gasteiger partial charge < -0.3 is 14.5 Å². The van der Waals surface area contributed by atoms with Crippen LogP contribution in [0.25, 0.3) is 0 Å². The summed E-state index contributed by atoms with van der Waals surface area (Å²) in [6.07, 6.45) is 1.41. The molecule has 0 aromatic heterocycles. The van der Waals surface area contributed by atoms with Gasteiger partial charge in [0.1, 0.15) is 5.60 Å². The van der Waals surface area contributed by atoms with Crippen molar-refractivity contribution in [2.75, 3.05) is 20.1 Å². The predicted octanol–water partition coefficient (Wildman–Crippen LogP) is 3.80. The monoisotopic (exact) mass is 381 g/mol. The Balaban J connectivity index is 1.76. The second-order valence-electron chi connectivity index (χ2n) is 7.76. The van der Waals surface area contributed by atoms with Crippen molar-refractivity contribution in [2.24, 2.45) is 4.40 Å². The summed E-state index contributed by atoms with van der Waals surface area (Å²) in [5.41, 5.74) is 0.221. The number of benzene rings is 1. The van der Waals surface area contributed by atoms with Crippen LogP contribution in [-0.2, 0) is 4.74 Å². The summed E-state index contributed by atoms with van der Waals surface area (Å²) in [5.74, 6) is 0.600. The van der Waals surface area contributed by atoms with Gasteiger partial charge in [-0.3, -0.25) is 9.11 Å². The highest BCUT2D eigenvalue weighted by atomic mass is 32.3. The number of hydrogen-bond donors (Lipinski definition) is 2. The molecule has 1 fully saturated rings. The first-order valence-corrected chi connectivity index (χ1v) is 10.3. The Morgan fingerprint density at radius 2 is 2.04 bits per heavy atom. The van der Waals surface area contributed by atoms with Gasteiger partial charge in [-0.05, 0) is 45.7 Å². The lowest BCUT2D eigenvalue weighted by atomic mass is 10.0. The maximum Gasteiger partial charge on any atom is 0.410 e. The molecule has 8 heteroatoms. The Morgan fingerprint density at radius 3 is 2.73 bits per heavy atom. The average molecular weight is 381 g/mol. The predicted molar refractivity (Wildman–Crippen MR) is 103 cm³/mol. The standard InChI is InChI=1S/C18H27N3O4S/c1-18(2,3)25-17(22)20(4)13-8-7-11-21(12-13)16-14-9-5-6-10-15(14)26(23,24)19-16/h5-6,9-10,13,23-24H,7-8,11-12H2,1-4H3. The maximum absolute atomic E-state index is 12.4. The van der Waals surface area contributed by atoms with Gasteiger partial charge in [-0.2, -0.15) is 0 Å². The van der Waals surface area contributed by atoms with Crippen molar-refractivity contribution in [3.63, 3.8) is 0 Å². The molecule has 2 heterocycles. The van der Waals surface area contributed by atoms with Gasteiger partial charge in [-0.15, -0.1) is 4.40 Å². The number of carbonyl (C=O) groups is 1. The molecule has 1 amide bonds. The molecule has 1 aromatic rings. The molecule has 3 rings (SSSR count). The van der Waals surface area contributed by atoms with Gasteiger partial charge in [0.25, 0.3) is 0 Å². The molecule has 1 atom stereocenters. The third kappa shape index (κ3) is 3.82. The zero-order valence-electron chi connectivity index (χ0n) is 15.7. The zero-order valence-corrected chi connectivity index (χ0v) is 16.5. The number of nitrogens with zero attached hydrogens (tertiary/aromatic N) is 3. The molecule has 0 aliphatic carbocycles. The van der Waals surface area contributed by atoms with E-state index in [0.29, 0.717) is 17.3 Å². The molecule has 1 aromatic carbocycles. The highest BCUT2D eigenvalue weighted by molar-refractivity contribution is 8.23. The quantitative estimate of drug-likeness (QED) is 0.773. The average Bonchev–Trinajstić information content (AvgIpc) is 2.85. The van der Waals surface area contributed by atoms with Gasteiger partial charge in [-0.25, -0.2) is 4.79 Å². The summed E-state index contributed by atoms with van der Waals surface area (Å²) in [5, 5.41) is 0. The van der Waals surface area contributed by atoms with Gasteiger partial charge in [0.2, 0.25) is 0 Å². The second kappa shape index (κ2) is 6.75. The first-order valence-electron chi connectivity index (χ1n) is 8.77. The largest absolute Gasteiger partial charge is 0.444 e. The summed E-state index contributed by atoms with van der Waals surface area (Å²) in [6.45, 7) is 6.89. The first kappa shape index (κ1) is 19.0. The maximum atomic E-state index is 12.4. The van der Waals surface area contributed by atoms with E-state index >= 15 is 0 Å². The molecule has 0 bridgehead atoms. The molecule has 1 saturated heterocycles. The fraction of sp³-hybridized carbons (Fsp3) is 0.556. The molecule has 0 radical (unpaired) electrons. The van der Waals surface area contributed by atoms with Crippen molar-refractivity contribution in [2.45, 2.75) is 50.2 Å². The Bertz CT molecular complexity index is 729. The number of hydrogen-bond acceptors (Lipinski definition) is 6. The lowest BCUT2D eigenvalue weighted by molar-refractivity contribution is 0.0169. The van der Waals surface area contributed by atoms with Gasteiger partial charge in [0, 0.05) is 25.7 Å². The van der Waals surface area contributed by atoms with Crippen LogP contribution >= 0.6 is 10.8 Å². The van der Waals surface area contributed by atoms with Crippen LogP contribution in [0.1, 0.15) is 39.2 Å². The molecule has 0 spiro atoms. The summed E-state index contributed by atoms with van der Waals surface area (Å²) in [4.78, 5) is 16.5. The molecule has 2 aliphatic heterocycles. The fourth-order valence-corrected chi connectivity index (χ4v) is 4.55. The van der Waals surface area contributed by atoms with Crippen molar-refractivity contribution in [3.8, 4) is 0 Å². The molecule has 7 nitrogen and oxygen atoms in total. The van der Waals surface area contributed by atoms with Crippen molar-refractivity contribution >= 4 is 22.7 Å². The number of likely N-dealkylation sites (tertiary alicyclic amines) is 1. The van der Waals surface area contributed by atoms with Gasteiger partial charge >= 0.3 is 6.09 Å². The van der Waals surface area contributed by atoms with E-state index in [9.17, 15) is 13.9 Å². The Hall–Kier alpha value is -1.77. The smallest absolute Gasteiger partial charge is 0.410 e. The van der Waals surface area contributed by atoms with Crippen LogP contribution in [0.4, 0.5) is 4.79 Å². The van der Waals surface area contributed by atoms with Crippen LogP contribution in [-0.4, -0.2) is 62.6 Å². The van der Waals surface area contributed by atoms with E-state index in [1.54, 1.807) is 24.1 Å². The topological polar surface area (TPSA) is 85.6 Å². The minimum Gasteiger partial charge on any atom is -0.444 e. The number of rotatable bonds is 1. The van der Waals surface area contributed by atoms with E-state index in [0.717, 1.165) is 24.9 Å². The zero-order chi connectivity index (χ0) is 19.1. The van der Waals surface area contributed by atoms with Crippen molar-refractivity contribution < 1.29 is 18.6 Å². The summed E-state index contributed by atoms with van der Waals surface area (Å²) >= 11 is 0. The summed E-state index contributed by atoms with van der Waals surface area (Å²) < 4.78 is 30.2.